The van der Waals surface area contributed by atoms with Crippen molar-refractivity contribution in [3.63, 3.8) is 0 Å². The summed E-state index contributed by atoms with van der Waals surface area (Å²) in [5, 5.41) is 0.642. The lowest BCUT2D eigenvalue weighted by atomic mass is 10.0. The summed E-state index contributed by atoms with van der Waals surface area (Å²) >= 11 is 13.2. The molecule has 202 valence electrons. The highest BCUT2D eigenvalue weighted by molar-refractivity contribution is 6.30. The van der Waals surface area contributed by atoms with Crippen LogP contribution in [0, 0.1) is 5.82 Å². The molecule has 1 aliphatic heterocycles. The largest absolute Gasteiger partial charge is 0.365 e. The Morgan fingerprint density at radius 3 is 2.34 bits per heavy atom. The van der Waals surface area contributed by atoms with Crippen molar-refractivity contribution in [2.45, 2.75) is 44.9 Å². The summed E-state index contributed by atoms with van der Waals surface area (Å²) in [5.74, 6) is -0.458. The van der Waals surface area contributed by atoms with Crippen molar-refractivity contribution >= 4 is 41.4 Å². The molecule has 0 N–H and O–H groups in total. The average Bonchev–Trinajstić information content (AvgIpc) is 3.38. The van der Waals surface area contributed by atoms with E-state index < -0.39 is 11.6 Å². The van der Waals surface area contributed by atoms with Crippen LogP contribution in [0.2, 0.25) is 5.02 Å². The van der Waals surface area contributed by atoms with E-state index in [1.54, 1.807) is 0 Å². The zero-order valence-electron chi connectivity index (χ0n) is 21.4. The number of Topliss-reactive ketones (excluding diaryl/α,β-unsaturated/α-hetero) is 1. The van der Waals surface area contributed by atoms with Crippen molar-refractivity contribution in [3.8, 4) is 0 Å². The van der Waals surface area contributed by atoms with Gasteiger partial charge in [0.15, 0.2) is 5.78 Å². The maximum Gasteiger partial charge on any atom is 0.182 e. The van der Waals surface area contributed by atoms with Crippen LogP contribution in [-0.2, 0) is 24.2 Å². The lowest BCUT2D eigenvalue weighted by molar-refractivity contribution is 0.00668. The molecule has 4 nitrogen and oxygen atoms in total. The van der Waals surface area contributed by atoms with E-state index >= 15 is 0 Å². The Kier molecular flexibility index (Phi) is 11.0. The van der Waals surface area contributed by atoms with Crippen molar-refractivity contribution in [1.82, 2.24) is 9.80 Å². The van der Waals surface area contributed by atoms with Crippen LogP contribution in [-0.4, -0.2) is 34.3 Å². The van der Waals surface area contributed by atoms with Crippen LogP contribution in [0.15, 0.2) is 79.1 Å². The van der Waals surface area contributed by atoms with Crippen molar-refractivity contribution in [1.29, 1.82) is 0 Å². The van der Waals surface area contributed by atoms with Gasteiger partial charge in [0.2, 0.25) is 0 Å². The summed E-state index contributed by atoms with van der Waals surface area (Å²) < 4.78 is 19.7. The van der Waals surface area contributed by atoms with Gasteiger partial charge in [0, 0.05) is 23.0 Å². The molecule has 0 aromatic heterocycles. The molecule has 0 spiro atoms. The minimum Gasteiger partial charge on any atom is -0.365 e. The van der Waals surface area contributed by atoms with Gasteiger partial charge >= 0.3 is 0 Å². The Bertz CT molecular complexity index is 1240. The molecule has 3 aromatic carbocycles. The Balaban J connectivity index is 0.00000400. The van der Waals surface area contributed by atoms with Crippen LogP contribution in [0.3, 0.4) is 0 Å². The van der Waals surface area contributed by atoms with E-state index in [4.69, 9.17) is 27.9 Å². The van der Waals surface area contributed by atoms with Gasteiger partial charge in [-0.1, -0.05) is 67.4 Å². The fourth-order valence-corrected chi connectivity index (χ4v) is 4.84. The van der Waals surface area contributed by atoms with Crippen LogP contribution in [0.5, 0.6) is 0 Å². The first kappa shape index (κ1) is 30.0. The molecular formula is C30H32Cl3FN2O2. The molecule has 0 radical (unpaired) electrons. The van der Waals surface area contributed by atoms with E-state index in [0.29, 0.717) is 23.9 Å². The van der Waals surface area contributed by atoms with Crippen LogP contribution in [0.1, 0.15) is 52.6 Å². The molecule has 8 heteroatoms. The highest BCUT2D eigenvalue weighted by Gasteiger charge is 2.30. The molecule has 0 saturated carbocycles. The summed E-state index contributed by atoms with van der Waals surface area (Å²) in [6, 6.07) is 19.6. The highest BCUT2D eigenvalue weighted by atomic mass is 35.5. The third-order valence-corrected chi connectivity index (χ3v) is 7.30. The average molecular weight is 578 g/mol. The van der Waals surface area contributed by atoms with E-state index in [1.807, 2.05) is 46.5 Å². The lowest BCUT2D eigenvalue weighted by Crippen LogP contribution is -2.37. The number of alkyl halides is 1. The third kappa shape index (κ3) is 7.51. The Hall–Kier alpha value is -2.57. The SMILES string of the molecule is CCc1ccc(COC(c2ccc(Cl)cc2)C(Cl)N2C=CN(CC(=O)c3ccc(F)cc3)C2)c(CC)c1.Cl. The number of aryl methyl sites for hydroxylation is 2. The van der Waals surface area contributed by atoms with Crippen LogP contribution >= 0.6 is 35.6 Å². The van der Waals surface area contributed by atoms with Crippen molar-refractivity contribution in [2.24, 2.45) is 0 Å². The molecule has 0 amide bonds. The van der Waals surface area contributed by atoms with Gasteiger partial charge in [0.1, 0.15) is 17.4 Å². The van der Waals surface area contributed by atoms with E-state index in [1.165, 1.54) is 35.4 Å². The molecule has 2 unspecified atom stereocenters. The number of benzene rings is 3. The number of hydrogen-bond acceptors (Lipinski definition) is 4. The van der Waals surface area contributed by atoms with E-state index in [0.717, 1.165) is 24.0 Å². The predicted molar refractivity (Wildman–Crippen MR) is 154 cm³/mol. The fraction of sp³-hybridized carbons (Fsp3) is 0.300. The van der Waals surface area contributed by atoms with Gasteiger partial charge in [-0.15, -0.1) is 12.4 Å². The first-order chi connectivity index (χ1) is 17.9. The van der Waals surface area contributed by atoms with Gasteiger partial charge in [-0.2, -0.15) is 0 Å². The second-order valence-electron chi connectivity index (χ2n) is 9.10. The molecule has 1 heterocycles. The van der Waals surface area contributed by atoms with E-state index in [-0.39, 0.29) is 30.6 Å². The summed E-state index contributed by atoms with van der Waals surface area (Å²) in [6.45, 7) is 5.32. The van der Waals surface area contributed by atoms with E-state index in [9.17, 15) is 9.18 Å². The Morgan fingerprint density at radius 2 is 1.68 bits per heavy atom. The molecule has 0 fully saturated rings. The number of halogens is 4. The monoisotopic (exact) mass is 576 g/mol. The summed E-state index contributed by atoms with van der Waals surface area (Å²) in [5.41, 5.74) is 4.59. The normalized spacial score (nSPS) is 14.3. The van der Waals surface area contributed by atoms with Crippen LogP contribution < -0.4 is 0 Å². The van der Waals surface area contributed by atoms with Crippen molar-refractivity contribution in [2.75, 3.05) is 13.2 Å². The molecule has 4 rings (SSSR count). The topological polar surface area (TPSA) is 32.8 Å². The quantitative estimate of drug-likeness (QED) is 0.132. The smallest absolute Gasteiger partial charge is 0.182 e. The molecule has 3 aromatic rings. The third-order valence-electron chi connectivity index (χ3n) is 6.57. The Morgan fingerprint density at radius 1 is 0.974 bits per heavy atom. The standard InChI is InChI=1S/C30H31Cl2FN2O2.ClH/c1-3-21-5-6-25(22(4-2)17-21)19-37-29(24-7-11-26(31)12-8-24)30(32)35-16-15-34(20-35)18-28(36)23-9-13-27(33)14-10-23;/h5-17,29-30H,3-4,18-20H2,1-2H3;1H. The van der Waals surface area contributed by atoms with Gasteiger partial charge in [0.05, 0.1) is 19.8 Å². The summed E-state index contributed by atoms with van der Waals surface area (Å²) in [4.78, 5) is 16.5. The first-order valence-electron chi connectivity index (χ1n) is 12.5. The summed E-state index contributed by atoms with van der Waals surface area (Å²) in [7, 11) is 0. The van der Waals surface area contributed by atoms with Crippen LogP contribution in [0.4, 0.5) is 4.39 Å². The molecule has 0 bridgehead atoms. The van der Waals surface area contributed by atoms with Gasteiger partial charge in [0.25, 0.3) is 0 Å². The zero-order valence-corrected chi connectivity index (χ0v) is 23.8. The highest BCUT2D eigenvalue weighted by Crippen LogP contribution is 2.32. The van der Waals surface area contributed by atoms with Gasteiger partial charge < -0.3 is 14.5 Å². The first-order valence-corrected chi connectivity index (χ1v) is 13.3. The molecule has 0 saturated heterocycles. The summed E-state index contributed by atoms with van der Waals surface area (Å²) in [6.07, 6.45) is 5.19. The lowest BCUT2D eigenvalue weighted by Gasteiger charge is -2.31. The number of nitrogens with zero attached hydrogens (tertiary/aromatic N) is 2. The number of ether oxygens (including phenoxy) is 1. The van der Waals surface area contributed by atoms with Crippen LogP contribution in [0.25, 0.3) is 0 Å². The van der Waals surface area contributed by atoms with Crippen molar-refractivity contribution in [3.05, 3.63) is 118 Å². The number of hydrogen-bond donors (Lipinski definition) is 0. The number of rotatable bonds is 11. The number of carbonyl (C=O) groups excluding carboxylic acids is 1. The molecule has 2 atom stereocenters. The minimum absolute atomic E-state index is 0. The molecule has 38 heavy (non-hydrogen) atoms. The molecule has 1 aliphatic rings. The van der Waals surface area contributed by atoms with Gasteiger partial charge in [-0.3, -0.25) is 4.79 Å². The van der Waals surface area contributed by atoms with E-state index in [2.05, 4.69) is 32.0 Å². The Labute approximate surface area is 240 Å². The maximum atomic E-state index is 13.2. The predicted octanol–water partition coefficient (Wildman–Crippen LogP) is 7.78. The number of ketones is 1. The van der Waals surface area contributed by atoms with Gasteiger partial charge in [-0.25, -0.2) is 4.39 Å². The molecular weight excluding hydrogens is 546 g/mol. The second-order valence-corrected chi connectivity index (χ2v) is 9.98. The maximum absolute atomic E-state index is 13.2. The zero-order chi connectivity index (χ0) is 26.4. The minimum atomic E-state index is -0.525. The second kappa shape index (κ2) is 14.0. The van der Waals surface area contributed by atoms with Gasteiger partial charge in [-0.05, 0) is 71.5 Å². The van der Waals surface area contributed by atoms with Crippen molar-refractivity contribution < 1.29 is 13.9 Å². The molecule has 0 aliphatic carbocycles. The number of carbonyl (C=O) groups is 1. The fourth-order valence-electron chi connectivity index (χ4n) is 4.37.